The number of amides is 1. The number of nitrogens with zero attached hydrogens (tertiary/aromatic N) is 1. The second kappa shape index (κ2) is 10.6. The van der Waals surface area contributed by atoms with Crippen LogP contribution in [0, 0.1) is 16.0 Å². The van der Waals surface area contributed by atoms with Crippen molar-refractivity contribution in [3.8, 4) is 0 Å². The van der Waals surface area contributed by atoms with Crippen LogP contribution in [0.3, 0.4) is 0 Å². The van der Waals surface area contributed by atoms with E-state index in [0.717, 1.165) is 31.7 Å². The predicted molar refractivity (Wildman–Crippen MR) is 103 cm³/mol. The molecular weight excluding hydrogens is 366 g/mol. The number of carbonyl (C=O) groups excluding carboxylic acids is 2. The zero-order valence-electron chi connectivity index (χ0n) is 16.2. The Bertz CT molecular complexity index is 701. The first kappa shape index (κ1) is 21.6. The van der Waals surface area contributed by atoms with E-state index >= 15 is 0 Å². The lowest BCUT2D eigenvalue weighted by Crippen LogP contribution is -2.39. The summed E-state index contributed by atoms with van der Waals surface area (Å²) in [4.78, 5) is 34.9. The molecule has 0 heterocycles. The number of nitro groups is 1. The standard InChI is InChI=1S/C19H27N3O6/c1-13-3-5-14(6-4-13)21-18(23)12-28-19(24)16-11-15(22(25)26)7-8-17(16)20-9-10-27-2/h7-8,11,13-14,20H,3-6,9-10,12H2,1-2H3,(H,21,23). The van der Waals surface area contributed by atoms with Crippen molar-refractivity contribution in [1.82, 2.24) is 5.32 Å². The van der Waals surface area contributed by atoms with Crippen LogP contribution in [0.5, 0.6) is 0 Å². The Labute approximate surface area is 163 Å². The van der Waals surface area contributed by atoms with Gasteiger partial charge in [0.2, 0.25) is 0 Å². The van der Waals surface area contributed by atoms with Crippen molar-refractivity contribution in [2.75, 3.05) is 32.2 Å². The number of hydrogen-bond donors (Lipinski definition) is 2. The first-order chi connectivity index (χ1) is 13.4. The van der Waals surface area contributed by atoms with Crippen LogP contribution in [0.2, 0.25) is 0 Å². The molecule has 0 aliphatic heterocycles. The van der Waals surface area contributed by atoms with Gasteiger partial charge >= 0.3 is 5.97 Å². The van der Waals surface area contributed by atoms with Crippen molar-refractivity contribution < 1.29 is 24.0 Å². The molecule has 0 aromatic heterocycles. The Morgan fingerprint density at radius 2 is 1.96 bits per heavy atom. The van der Waals surface area contributed by atoms with Crippen LogP contribution in [0.15, 0.2) is 18.2 Å². The molecule has 154 valence electrons. The van der Waals surface area contributed by atoms with Crippen molar-refractivity contribution in [3.63, 3.8) is 0 Å². The van der Waals surface area contributed by atoms with Gasteiger partial charge in [0.05, 0.1) is 17.1 Å². The third kappa shape index (κ3) is 6.49. The monoisotopic (exact) mass is 393 g/mol. The third-order valence-corrected chi connectivity index (χ3v) is 4.77. The Morgan fingerprint density at radius 1 is 1.25 bits per heavy atom. The fourth-order valence-electron chi connectivity index (χ4n) is 3.14. The molecule has 1 fully saturated rings. The van der Waals surface area contributed by atoms with E-state index < -0.39 is 17.5 Å². The molecule has 1 aliphatic carbocycles. The quantitative estimate of drug-likeness (QED) is 0.286. The van der Waals surface area contributed by atoms with Crippen molar-refractivity contribution in [3.05, 3.63) is 33.9 Å². The number of non-ortho nitro benzene ring substituents is 1. The van der Waals surface area contributed by atoms with E-state index in [2.05, 4.69) is 17.6 Å². The summed E-state index contributed by atoms with van der Waals surface area (Å²) in [5.41, 5.74) is 0.156. The van der Waals surface area contributed by atoms with Crippen LogP contribution in [0.25, 0.3) is 0 Å². The van der Waals surface area contributed by atoms with Crippen LogP contribution < -0.4 is 10.6 Å². The molecular formula is C19H27N3O6. The van der Waals surface area contributed by atoms with Gasteiger partial charge in [0.15, 0.2) is 6.61 Å². The highest BCUT2D eigenvalue weighted by Crippen LogP contribution is 2.24. The predicted octanol–water partition coefficient (Wildman–Crippen LogP) is 2.50. The highest BCUT2D eigenvalue weighted by molar-refractivity contribution is 5.97. The summed E-state index contributed by atoms with van der Waals surface area (Å²) in [5, 5.41) is 16.9. The molecule has 0 saturated heterocycles. The van der Waals surface area contributed by atoms with Gasteiger partial charge in [-0.2, -0.15) is 0 Å². The third-order valence-electron chi connectivity index (χ3n) is 4.77. The second-order valence-corrected chi connectivity index (χ2v) is 7.01. The van der Waals surface area contributed by atoms with Gasteiger partial charge in [-0.05, 0) is 37.7 Å². The van der Waals surface area contributed by atoms with Crippen molar-refractivity contribution >= 4 is 23.3 Å². The number of carbonyl (C=O) groups is 2. The zero-order chi connectivity index (χ0) is 20.5. The first-order valence-electron chi connectivity index (χ1n) is 9.38. The van der Waals surface area contributed by atoms with Gasteiger partial charge in [0, 0.05) is 37.5 Å². The molecule has 2 rings (SSSR count). The minimum atomic E-state index is -0.795. The molecule has 1 amide bonds. The summed E-state index contributed by atoms with van der Waals surface area (Å²) in [6, 6.07) is 3.97. The maximum atomic E-state index is 12.4. The van der Waals surface area contributed by atoms with E-state index in [-0.39, 0.29) is 23.2 Å². The average Bonchev–Trinajstić information content (AvgIpc) is 2.68. The molecule has 1 aromatic carbocycles. The van der Waals surface area contributed by atoms with Gasteiger partial charge in [-0.1, -0.05) is 6.92 Å². The minimum absolute atomic E-state index is 0.00425. The molecule has 0 unspecified atom stereocenters. The van der Waals surface area contributed by atoms with E-state index in [9.17, 15) is 19.7 Å². The van der Waals surface area contributed by atoms with Gasteiger partial charge < -0.3 is 20.1 Å². The SMILES string of the molecule is COCCNc1ccc([N+](=O)[O-])cc1C(=O)OCC(=O)NC1CCC(C)CC1. The van der Waals surface area contributed by atoms with Crippen LogP contribution in [-0.4, -0.2) is 49.7 Å². The number of ether oxygens (including phenoxy) is 2. The fraction of sp³-hybridized carbons (Fsp3) is 0.579. The van der Waals surface area contributed by atoms with Gasteiger partial charge in [-0.3, -0.25) is 14.9 Å². The molecule has 0 atom stereocenters. The van der Waals surface area contributed by atoms with Crippen molar-refractivity contribution in [2.24, 2.45) is 5.92 Å². The summed E-state index contributed by atoms with van der Waals surface area (Å²) in [6.45, 7) is 2.57. The molecule has 1 aliphatic rings. The molecule has 0 radical (unpaired) electrons. The number of anilines is 1. The summed E-state index contributed by atoms with van der Waals surface area (Å²) >= 11 is 0. The van der Waals surface area contributed by atoms with Gasteiger partial charge in [-0.25, -0.2) is 4.79 Å². The number of nitro benzene ring substituents is 1. The molecule has 0 spiro atoms. The fourth-order valence-corrected chi connectivity index (χ4v) is 3.14. The van der Waals surface area contributed by atoms with Crippen LogP contribution >= 0.6 is 0 Å². The lowest BCUT2D eigenvalue weighted by molar-refractivity contribution is -0.384. The van der Waals surface area contributed by atoms with Gasteiger partial charge in [0.25, 0.3) is 11.6 Å². The highest BCUT2D eigenvalue weighted by atomic mass is 16.6. The lowest BCUT2D eigenvalue weighted by Gasteiger charge is -2.26. The van der Waals surface area contributed by atoms with Crippen molar-refractivity contribution in [1.29, 1.82) is 0 Å². The molecule has 1 saturated carbocycles. The number of hydrogen-bond acceptors (Lipinski definition) is 7. The van der Waals surface area contributed by atoms with E-state index in [4.69, 9.17) is 9.47 Å². The topological polar surface area (TPSA) is 120 Å². The van der Waals surface area contributed by atoms with E-state index in [1.165, 1.54) is 19.2 Å². The smallest absolute Gasteiger partial charge is 0.341 e. The van der Waals surface area contributed by atoms with Crippen LogP contribution in [0.1, 0.15) is 43.0 Å². The normalized spacial score (nSPS) is 18.9. The van der Waals surface area contributed by atoms with Gasteiger partial charge in [0.1, 0.15) is 0 Å². The summed E-state index contributed by atoms with van der Waals surface area (Å²) in [6.07, 6.45) is 3.96. The Morgan fingerprint density at radius 3 is 2.61 bits per heavy atom. The zero-order valence-corrected chi connectivity index (χ0v) is 16.2. The lowest BCUT2D eigenvalue weighted by atomic mass is 9.87. The molecule has 28 heavy (non-hydrogen) atoms. The molecule has 9 nitrogen and oxygen atoms in total. The number of nitrogens with one attached hydrogen (secondary N) is 2. The highest BCUT2D eigenvalue weighted by Gasteiger charge is 2.22. The Hall–Kier alpha value is -2.68. The second-order valence-electron chi connectivity index (χ2n) is 7.01. The maximum absolute atomic E-state index is 12.4. The summed E-state index contributed by atoms with van der Waals surface area (Å²) < 4.78 is 10.0. The van der Waals surface area contributed by atoms with Crippen LogP contribution in [0.4, 0.5) is 11.4 Å². The molecule has 9 heteroatoms. The number of esters is 1. The van der Waals surface area contributed by atoms with E-state index in [0.29, 0.717) is 24.8 Å². The Balaban J connectivity index is 1.96. The maximum Gasteiger partial charge on any atom is 0.341 e. The summed E-state index contributed by atoms with van der Waals surface area (Å²) in [5.74, 6) is -0.493. The molecule has 2 N–H and O–H groups in total. The largest absolute Gasteiger partial charge is 0.452 e. The summed E-state index contributed by atoms with van der Waals surface area (Å²) in [7, 11) is 1.54. The van der Waals surface area contributed by atoms with E-state index in [1.54, 1.807) is 0 Å². The molecule has 1 aromatic rings. The number of methoxy groups -OCH3 is 1. The van der Waals surface area contributed by atoms with Crippen molar-refractivity contribution in [2.45, 2.75) is 38.6 Å². The molecule has 0 bridgehead atoms. The number of benzene rings is 1. The van der Waals surface area contributed by atoms with Gasteiger partial charge in [-0.15, -0.1) is 0 Å². The minimum Gasteiger partial charge on any atom is -0.452 e. The van der Waals surface area contributed by atoms with Crippen LogP contribution in [-0.2, 0) is 14.3 Å². The first-order valence-corrected chi connectivity index (χ1v) is 9.38. The Kier molecular flexibility index (Phi) is 8.19. The van der Waals surface area contributed by atoms with E-state index in [1.807, 2.05) is 0 Å². The average molecular weight is 393 g/mol. The number of rotatable bonds is 9.